The molecule has 2 N–H and O–H groups in total. The third-order valence-corrected chi connectivity index (χ3v) is 2.79. The molecule has 0 aliphatic heterocycles. The second-order valence-corrected chi connectivity index (χ2v) is 4.26. The van der Waals surface area contributed by atoms with E-state index in [0.717, 1.165) is 5.76 Å². The summed E-state index contributed by atoms with van der Waals surface area (Å²) in [6.45, 7) is 0.667. The molecule has 0 radical (unpaired) electrons. The average molecular weight is 257 g/mol. The van der Waals surface area contributed by atoms with Crippen LogP contribution in [0.4, 0.5) is 5.82 Å². The van der Waals surface area contributed by atoms with Crippen LogP contribution < -0.4 is 5.32 Å². The van der Waals surface area contributed by atoms with Gasteiger partial charge in [-0.05, 0) is 24.3 Å². The van der Waals surface area contributed by atoms with E-state index in [4.69, 9.17) is 9.68 Å². The molecule has 2 aromatic heterocycles. The highest BCUT2D eigenvalue weighted by Gasteiger charge is 2.10. The molecule has 0 aliphatic carbocycles. The standard InChI is InChI=1S/C14H15N3O2/c15-7-11-3-4-14(16-8-11)17-9-12(10-18)6-13-2-1-5-19-13/h1-5,8,12,18H,6,9-10H2,(H,16,17)/t12-/m1/s1. The van der Waals surface area contributed by atoms with Crippen LogP contribution in [0, 0.1) is 17.2 Å². The summed E-state index contributed by atoms with van der Waals surface area (Å²) in [7, 11) is 0. The van der Waals surface area contributed by atoms with Crippen LogP contribution >= 0.6 is 0 Å². The molecule has 19 heavy (non-hydrogen) atoms. The highest BCUT2D eigenvalue weighted by Crippen LogP contribution is 2.11. The van der Waals surface area contributed by atoms with Gasteiger partial charge in [0, 0.05) is 31.7 Å². The van der Waals surface area contributed by atoms with Gasteiger partial charge in [-0.3, -0.25) is 0 Å². The average Bonchev–Trinajstić information content (AvgIpc) is 2.97. The lowest BCUT2D eigenvalue weighted by atomic mass is 10.1. The molecule has 0 saturated carbocycles. The fourth-order valence-corrected chi connectivity index (χ4v) is 1.73. The minimum atomic E-state index is 0.0589. The van der Waals surface area contributed by atoms with E-state index in [0.29, 0.717) is 24.3 Å². The summed E-state index contributed by atoms with van der Waals surface area (Å²) in [5.74, 6) is 1.61. The fraction of sp³-hybridized carbons (Fsp3) is 0.286. The highest BCUT2D eigenvalue weighted by atomic mass is 16.3. The zero-order valence-corrected chi connectivity index (χ0v) is 10.4. The van der Waals surface area contributed by atoms with Crippen LogP contribution in [0.1, 0.15) is 11.3 Å². The molecule has 0 fully saturated rings. The molecule has 0 aromatic carbocycles. The van der Waals surface area contributed by atoms with Gasteiger partial charge in [0.05, 0.1) is 11.8 Å². The number of aliphatic hydroxyl groups excluding tert-OH is 1. The van der Waals surface area contributed by atoms with Crippen molar-refractivity contribution in [2.24, 2.45) is 5.92 Å². The van der Waals surface area contributed by atoms with Crippen molar-refractivity contribution in [1.82, 2.24) is 4.98 Å². The topological polar surface area (TPSA) is 82.1 Å². The molecule has 0 aliphatic rings. The van der Waals surface area contributed by atoms with Crippen molar-refractivity contribution in [3.8, 4) is 6.07 Å². The van der Waals surface area contributed by atoms with Crippen molar-refractivity contribution in [2.75, 3.05) is 18.5 Å². The van der Waals surface area contributed by atoms with E-state index in [1.807, 2.05) is 18.2 Å². The number of aromatic nitrogens is 1. The molecular formula is C14H15N3O2. The highest BCUT2D eigenvalue weighted by molar-refractivity contribution is 5.38. The summed E-state index contributed by atoms with van der Waals surface area (Å²) in [5, 5.41) is 21.2. The summed E-state index contributed by atoms with van der Waals surface area (Å²) >= 11 is 0. The number of nitrogens with one attached hydrogen (secondary N) is 1. The minimum Gasteiger partial charge on any atom is -0.469 e. The molecule has 5 nitrogen and oxygen atoms in total. The number of furan rings is 1. The fourth-order valence-electron chi connectivity index (χ4n) is 1.73. The number of nitriles is 1. The van der Waals surface area contributed by atoms with Gasteiger partial charge >= 0.3 is 0 Å². The van der Waals surface area contributed by atoms with Gasteiger partial charge in [-0.2, -0.15) is 5.26 Å². The second-order valence-electron chi connectivity index (χ2n) is 4.26. The van der Waals surface area contributed by atoms with Gasteiger partial charge in [0.15, 0.2) is 0 Å². The number of anilines is 1. The third kappa shape index (κ3) is 3.83. The lowest BCUT2D eigenvalue weighted by Crippen LogP contribution is -2.20. The normalized spacial score (nSPS) is 11.8. The van der Waals surface area contributed by atoms with Gasteiger partial charge in [0.1, 0.15) is 17.6 Å². The van der Waals surface area contributed by atoms with Crippen LogP contribution in [0.3, 0.4) is 0 Å². The molecule has 2 heterocycles. The molecule has 0 spiro atoms. The maximum absolute atomic E-state index is 9.34. The van der Waals surface area contributed by atoms with Crippen LogP contribution in [0.2, 0.25) is 0 Å². The number of nitrogens with zero attached hydrogens (tertiary/aromatic N) is 2. The number of pyridine rings is 1. The first-order valence-corrected chi connectivity index (χ1v) is 6.05. The van der Waals surface area contributed by atoms with Gasteiger partial charge < -0.3 is 14.8 Å². The largest absolute Gasteiger partial charge is 0.469 e. The van der Waals surface area contributed by atoms with E-state index >= 15 is 0 Å². The van der Waals surface area contributed by atoms with Gasteiger partial charge in [-0.15, -0.1) is 0 Å². The minimum absolute atomic E-state index is 0.0589. The molecule has 2 rings (SSSR count). The predicted octanol–water partition coefficient (Wildman–Crippen LogP) is 1.81. The Balaban J connectivity index is 1.87. The predicted molar refractivity (Wildman–Crippen MR) is 70.4 cm³/mol. The molecule has 0 amide bonds. The molecule has 5 heteroatoms. The molecule has 0 saturated heterocycles. The van der Waals surface area contributed by atoms with E-state index in [1.54, 1.807) is 18.4 Å². The lowest BCUT2D eigenvalue weighted by Gasteiger charge is -2.14. The Morgan fingerprint density at radius 3 is 2.89 bits per heavy atom. The maximum Gasteiger partial charge on any atom is 0.125 e. The molecule has 0 unspecified atom stereocenters. The molecule has 1 atom stereocenters. The van der Waals surface area contributed by atoms with Crippen LogP contribution in [0.15, 0.2) is 41.1 Å². The molecule has 2 aromatic rings. The first-order chi connectivity index (χ1) is 9.31. The zero-order chi connectivity index (χ0) is 13.5. The van der Waals surface area contributed by atoms with E-state index in [-0.39, 0.29) is 12.5 Å². The smallest absolute Gasteiger partial charge is 0.125 e. The summed E-state index contributed by atoms with van der Waals surface area (Å²) in [6.07, 6.45) is 3.81. The van der Waals surface area contributed by atoms with Crippen molar-refractivity contribution in [2.45, 2.75) is 6.42 Å². The Bertz CT molecular complexity index is 529. The third-order valence-electron chi connectivity index (χ3n) is 2.79. The Hall–Kier alpha value is -2.32. The van der Waals surface area contributed by atoms with Crippen LogP contribution in [-0.2, 0) is 6.42 Å². The summed E-state index contributed by atoms with van der Waals surface area (Å²) in [4.78, 5) is 4.11. The van der Waals surface area contributed by atoms with Crippen LogP contribution in [0.5, 0.6) is 0 Å². The summed E-state index contributed by atoms with van der Waals surface area (Å²) in [5.41, 5.74) is 0.528. The van der Waals surface area contributed by atoms with Crippen molar-refractivity contribution in [3.05, 3.63) is 48.0 Å². The molecule has 98 valence electrons. The summed E-state index contributed by atoms with van der Waals surface area (Å²) in [6, 6.07) is 9.20. The Morgan fingerprint density at radius 1 is 1.42 bits per heavy atom. The van der Waals surface area contributed by atoms with Crippen LogP contribution in [0.25, 0.3) is 0 Å². The van der Waals surface area contributed by atoms with E-state index in [1.165, 1.54) is 6.20 Å². The van der Waals surface area contributed by atoms with Crippen LogP contribution in [-0.4, -0.2) is 23.2 Å². The number of rotatable bonds is 6. The van der Waals surface area contributed by atoms with Gasteiger partial charge in [0.25, 0.3) is 0 Å². The summed E-state index contributed by atoms with van der Waals surface area (Å²) < 4.78 is 5.26. The maximum atomic E-state index is 9.34. The van der Waals surface area contributed by atoms with E-state index < -0.39 is 0 Å². The van der Waals surface area contributed by atoms with Gasteiger partial charge in [-0.25, -0.2) is 4.98 Å². The first-order valence-electron chi connectivity index (χ1n) is 6.05. The van der Waals surface area contributed by atoms with Crippen molar-refractivity contribution >= 4 is 5.82 Å². The Kier molecular flexibility index (Phi) is 4.54. The Labute approximate surface area is 111 Å². The second kappa shape index (κ2) is 6.57. The number of aliphatic hydroxyl groups is 1. The van der Waals surface area contributed by atoms with Gasteiger partial charge in [0.2, 0.25) is 0 Å². The monoisotopic (exact) mass is 257 g/mol. The molecular weight excluding hydrogens is 242 g/mol. The molecule has 0 bridgehead atoms. The number of hydrogen-bond acceptors (Lipinski definition) is 5. The van der Waals surface area contributed by atoms with Gasteiger partial charge in [-0.1, -0.05) is 0 Å². The SMILES string of the molecule is N#Cc1ccc(NC[C@H](CO)Cc2ccco2)nc1. The quantitative estimate of drug-likeness (QED) is 0.824. The lowest BCUT2D eigenvalue weighted by molar-refractivity contribution is 0.226. The Morgan fingerprint density at radius 2 is 2.32 bits per heavy atom. The van der Waals surface area contributed by atoms with E-state index in [2.05, 4.69) is 10.3 Å². The van der Waals surface area contributed by atoms with Crippen molar-refractivity contribution in [3.63, 3.8) is 0 Å². The number of hydrogen-bond donors (Lipinski definition) is 2. The van der Waals surface area contributed by atoms with Crippen molar-refractivity contribution < 1.29 is 9.52 Å². The first kappa shape index (κ1) is 13.1. The van der Waals surface area contributed by atoms with Crippen molar-refractivity contribution in [1.29, 1.82) is 5.26 Å². The zero-order valence-electron chi connectivity index (χ0n) is 10.4. The van der Waals surface area contributed by atoms with E-state index in [9.17, 15) is 5.11 Å².